The van der Waals surface area contributed by atoms with Gasteiger partial charge in [0.1, 0.15) is 0 Å². The highest BCUT2D eigenvalue weighted by molar-refractivity contribution is 4.72. The molecule has 8 nitrogen and oxygen atoms in total. The molecule has 0 bridgehead atoms. The molecular formula is C25H56N8. The quantitative estimate of drug-likeness (QED) is 0.273. The molecule has 0 aromatic rings. The van der Waals surface area contributed by atoms with Gasteiger partial charge in [0.25, 0.3) is 0 Å². The van der Waals surface area contributed by atoms with Gasteiger partial charge in [0.2, 0.25) is 0 Å². The van der Waals surface area contributed by atoms with Gasteiger partial charge >= 0.3 is 0 Å². The van der Waals surface area contributed by atoms with E-state index in [1.54, 1.807) is 0 Å². The van der Waals surface area contributed by atoms with Crippen molar-refractivity contribution in [1.82, 2.24) is 42.1 Å². The van der Waals surface area contributed by atoms with E-state index in [-0.39, 0.29) is 0 Å². The van der Waals surface area contributed by atoms with Crippen molar-refractivity contribution in [1.29, 1.82) is 0 Å². The van der Waals surface area contributed by atoms with Crippen LogP contribution in [0.3, 0.4) is 0 Å². The number of hydrogen-bond donors (Lipinski definition) is 7. The summed E-state index contributed by atoms with van der Waals surface area (Å²) in [6.45, 7) is 18.1. The highest BCUT2D eigenvalue weighted by Crippen LogP contribution is 2.06. The maximum Gasteiger partial charge on any atom is 0.0192 e. The van der Waals surface area contributed by atoms with Gasteiger partial charge in [-0.25, -0.2) is 0 Å². The summed E-state index contributed by atoms with van der Waals surface area (Å²) in [6.07, 6.45) is 10.2. The van der Waals surface area contributed by atoms with Crippen molar-refractivity contribution >= 4 is 0 Å². The lowest BCUT2D eigenvalue weighted by Gasteiger charge is -2.24. The van der Waals surface area contributed by atoms with E-state index in [1.165, 1.54) is 71.0 Å². The molecule has 0 saturated carbocycles. The molecule has 7 N–H and O–H groups in total. The van der Waals surface area contributed by atoms with Crippen LogP contribution in [0.5, 0.6) is 0 Å². The minimum absolute atomic E-state index is 0.611. The van der Waals surface area contributed by atoms with Crippen molar-refractivity contribution < 1.29 is 0 Å². The average Bonchev–Trinajstić information content (AvgIpc) is 2.83. The van der Waals surface area contributed by atoms with Crippen molar-refractivity contribution in [2.75, 3.05) is 105 Å². The zero-order chi connectivity index (χ0) is 23.1. The Balaban J connectivity index is 1.59. The Morgan fingerprint density at radius 1 is 0.485 bits per heavy atom. The van der Waals surface area contributed by atoms with Gasteiger partial charge in [-0.05, 0) is 97.4 Å². The summed E-state index contributed by atoms with van der Waals surface area (Å²) in [6, 6.07) is 0.611. The maximum absolute atomic E-state index is 3.81. The first-order valence-electron chi connectivity index (χ1n) is 14.2. The van der Waals surface area contributed by atoms with Gasteiger partial charge < -0.3 is 42.1 Å². The Kier molecular flexibility index (Phi) is 19.4. The highest BCUT2D eigenvalue weighted by Gasteiger charge is 2.09. The van der Waals surface area contributed by atoms with Gasteiger partial charge in [-0.1, -0.05) is 12.8 Å². The number of nitrogens with one attached hydrogen (secondary N) is 7. The van der Waals surface area contributed by atoms with Crippen LogP contribution in [-0.2, 0) is 0 Å². The number of nitrogens with zero attached hydrogens (tertiary/aromatic N) is 1. The summed E-state index contributed by atoms with van der Waals surface area (Å²) in [5, 5.41) is 25.3. The van der Waals surface area contributed by atoms with Crippen LogP contribution in [0.25, 0.3) is 0 Å². The summed E-state index contributed by atoms with van der Waals surface area (Å²) >= 11 is 0. The van der Waals surface area contributed by atoms with Crippen LogP contribution in [-0.4, -0.2) is 116 Å². The van der Waals surface area contributed by atoms with Crippen LogP contribution in [0.15, 0.2) is 0 Å². The van der Waals surface area contributed by atoms with E-state index in [2.05, 4.69) is 42.1 Å². The van der Waals surface area contributed by atoms with E-state index in [1.807, 2.05) is 0 Å². The molecule has 2 rings (SSSR count). The second-order valence-electron chi connectivity index (χ2n) is 9.71. The van der Waals surface area contributed by atoms with Gasteiger partial charge in [-0.3, -0.25) is 0 Å². The summed E-state index contributed by atoms with van der Waals surface area (Å²) in [5.41, 5.74) is 0. The molecule has 0 radical (unpaired) electrons. The Morgan fingerprint density at radius 3 is 1.76 bits per heavy atom. The molecule has 8 heteroatoms. The summed E-state index contributed by atoms with van der Waals surface area (Å²) in [7, 11) is 0. The molecular weight excluding hydrogens is 412 g/mol. The van der Waals surface area contributed by atoms with Gasteiger partial charge in [0.05, 0.1) is 0 Å². The summed E-state index contributed by atoms with van der Waals surface area (Å²) < 4.78 is 0. The SMILES string of the molecule is C(CCC1CNCCCNCCNCCCN1)CCN1CCCNCCNCCCNCC1. The summed E-state index contributed by atoms with van der Waals surface area (Å²) in [4.78, 5) is 2.68. The van der Waals surface area contributed by atoms with Crippen LogP contribution in [0.1, 0.15) is 51.4 Å². The van der Waals surface area contributed by atoms with E-state index in [0.717, 1.165) is 85.1 Å². The highest BCUT2D eigenvalue weighted by atomic mass is 15.1. The molecule has 0 aromatic carbocycles. The lowest BCUT2D eigenvalue weighted by atomic mass is 10.1. The van der Waals surface area contributed by atoms with E-state index in [0.29, 0.717) is 6.04 Å². The Bertz CT molecular complexity index is 348. The first kappa shape index (κ1) is 28.9. The first-order valence-corrected chi connectivity index (χ1v) is 14.2. The minimum Gasteiger partial charge on any atom is -0.315 e. The van der Waals surface area contributed by atoms with Crippen LogP contribution in [0.4, 0.5) is 0 Å². The Morgan fingerprint density at radius 2 is 1.06 bits per heavy atom. The molecule has 33 heavy (non-hydrogen) atoms. The van der Waals surface area contributed by atoms with E-state index in [4.69, 9.17) is 0 Å². The van der Waals surface area contributed by atoms with Crippen molar-refractivity contribution in [2.24, 2.45) is 0 Å². The molecule has 0 aromatic heterocycles. The normalized spacial score (nSPS) is 25.6. The smallest absolute Gasteiger partial charge is 0.0192 e. The van der Waals surface area contributed by atoms with Crippen molar-refractivity contribution in [3.8, 4) is 0 Å². The molecule has 0 amide bonds. The third kappa shape index (κ3) is 17.7. The van der Waals surface area contributed by atoms with Crippen molar-refractivity contribution in [2.45, 2.75) is 57.4 Å². The fourth-order valence-electron chi connectivity index (χ4n) is 4.63. The van der Waals surface area contributed by atoms with Crippen LogP contribution in [0, 0.1) is 0 Å². The molecule has 196 valence electrons. The van der Waals surface area contributed by atoms with Crippen LogP contribution < -0.4 is 37.2 Å². The molecule has 2 saturated heterocycles. The van der Waals surface area contributed by atoms with Gasteiger partial charge in [-0.15, -0.1) is 0 Å². The molecule has 1 atom stereocenters. The largest absolute Gasteiger partial charge is 0.315 e. The molecule has 1 unspecified atom stereocenters. The average molecular weight is 469 g/mol. The lowest BCUT2D eigenvalue weighted by Crippen LogP contribution is -2.41. The third-order valence-corrected chi connectivity index (χ3v) is 6.69. The number of rotatable bonds is 6. The minimum atomic E-state index is 0.611. The van der Waals surface area contributed by atoms with Crippen molar-refractivity contribution in [3.05, 3.63) is 0 Å². The zero-order valence-corrected chi connectivity index (χ0v) is 21.5. The standard InChI is InChI=1S/C25H56N8/c1(2-8-25-24-31-13-5-10-27-16-17-28-12-6-15-32-25)3-21-33-22-7-14-29-19-18-26-9-4-11-30-20-23-33/h25-32H,1-24H2. The molecule has 0 aliphatic carbocycles. The van der Waals surface area contributed by atoms with Crippen molar-refractivity contribution in [3.63, 3.8) is 0 Å². The molecule has 0 spiro atoms. The zero-order valence-electron chi connectivity index (χ0n) is 21.5. The predicted molar refractivity (Wildman–Crippen MR) is 142 cm³/mol. The number of unbranched alkanes of at least 4 members (excludes halogenated alkanes) is 2. The van der Waals surface area contributed by atoms with Crippen LogP contribution >= 0.6 is 0 Å². The van der Waals surface area contributed by atoms with E-state index >= 15 is 0 Å². The fraction of sp³-hybridized carbons (Fsp3) is 1.00. The predicted octanol–water partition coefficient (Wildman–Crippen LogP) is -0.0678. The molecule has 2 heterocycles. The second-order valence-corrected chi connectivity index (χ2v) is 9.71. The second kappa shape index (κ2) is 22.2. The topological polar surface area (TPSA) is 87.5 Å². The molecule has 2 aliphatic heterocycles. The lowest BCUT2D eigenvalue weighted by molar-refractivity contribution is 0.260. The van der Waals surface area contributed by atoms with Gasteiger partial charge in [0, 0.05) is 51.9 Å². The summed E-state index contributed by atoms with van der Waals surface area (Å²) in [5.74, 6) is 0. The monoisotopic (exact) mass is 468 g/mol. The number of hydrogen-bond acceptors (Lipinski definition) is 8. The molecule has 2 fully saturated rings. The van der Waals surface area contributed by atoms with Gasteiger partial charge in [-0.2, -0.15) is 0 Å². The Labute approximate surface area is 204 Å². The first-order chi connectivity index (χ1) is 16.4. The maximum atomic E-state index is 3.81. The van der Waals surface area contributed by atoms with E-state index in [9.17, 15) is 0 Å². The third-order valence-electron chi connectivity index (χ3n) is 6.69. The fourth-order valence-corrected chi connectivity index (χ4v) is 4.63. The van der Waals surface area contributed by atoms with E-state index < -0.39 is 0 Å². The Hall–Kier alpha value is -0.320. The van der Waals surface area contributed by atoms with Gasteiger partial charge in [0.15, 0.2) is 0 Å². The molecule has 2 aliphatic rings. The van der Waals surface area contributed by atoms with Crippen LogP contribution in [0.2, 0.25) is 0 Å².